The van der Waals surface area contributed by atoms with E-state index in [1.54, 1.807) is 24.8 Å². The molecule has 0 aliphatic heterocycles. The first-order chi connectivity index (χ1) is 11.6. The average molecular weight is 322 g/mol. The van der Waals surface area contributed by atoms with Gasteiger partial charge in [-0.05, 0) is 42.3 Å². The van der Waals surface area contributed by atoms with Crippen LogP contribution in [0.5, 0.6) is 0 Å². The molecule has 6 heteroatoms. The number of pyridine rings is 2. The molecule has 0 spiro atoms. The van der Waals surface area contributed by atoms with Crippen LogP contribution in [0.3, 0.4) is 0 Å². The van der Waals surface area contributed by atoms with Gasteiger partial charge < -0.3 is 0 Å². The molecule has 0 amide bonds. The highest BCUT2D eigenvalue weighted by molar-refractivity contribution is 5.93. The highest BCUT2D eigenvalue weighted by Crippen LogP contribution is 2.30. The molecular weight excluding hydrogens is 310 g/mol. The van der Waals surface area contributed by atoms with Crippen LogP contribution in [0.1, 0.15) is 5.56 Å². The number of hydrogen-bond donors (Lipinski definition) is 0. The van der Waals surface area contributed by atoms with Gasteiger partial charge in [0.2, 0.25) is 0 Å². The van der Waals surface area contributed by atoms with Crippen molar-refractivity contribution < 1.29 is 8.78 Å². The third-order valence-electron chi connectivity index (χ3n) is 3.94. The standard InChI is InChI=1S/C18H12F2N4/c1-11-4-6-21-9-14(11)13-5-7-22-18-15(13)10-23-24(18)17-8-12(19)2-3-16(17)20/h2-10H,1H3. The number of rotatable bonds is 2. The molecule has 0 bridgehead atoms. The maximum atomic E-state index is 14.1. The Morgan fingerprint density at radius 2 is 1.83 bits per heavy atom. The van der Waals surface area contributed by atoms with Gasteiger partial charge in [-0.25, -0.2) is 18.4 Å². The van der Waals surface area contributed by atoms with Crippen molar-refractivity contribution in [3.8, 4) is 16.8 Å². The summed E-state index contributed by atoms with van der Waals surface area (Å²) in [5.41, 5.74) is 3.39. The zero-order chi connectivity index (χ0) is 16.7. The maximum absolute atomic E-state index is 14.1. The van der Waals surface area contributed by atoms with Crippen molar-refractivity contribution in [3.05, 3.63) is 72.3 Å². The molecule has 0 aliphatic carbocycles. The molecule has 0 atom stereocenters. The van der Waals surface area contributed by atoms with Crippen LogP contribution in [-0.2, 0) is 0 Å². The van der Waals surface area contributed by atoms with E-state index in [9.17, 15) is 8.78 Å². The Bertz CT molecular complexity index is 1060. The summed E-state index contributed by atoms with van der Waals surface area (Å²) < 4.78 is 28.9. The zero-order valence-electron chi connectivity index (χ0n) is 12.7. The SMILES string of the molecule is Cc1ccncc1-c1ccnc2c1cnn2-c1cc(F)ccc1F. The van der Waals surface area contributed by atoms with Crippen LogP contribution in [0.15, 0.2) is 55.1 Å². The third kappa shape index (κ3) is 2.23. The van der Waals surface area contributed by atoms with Crippen molar-refractivity contribution in [2.75, 3.05) is 0 Å². The van der Waals surface area contributed by atoms with E-state index in [-0.39, 0.29) is 5.69 Å². The van der Waals surface area contributed by atoms with Crippen molar-refractivity contribution in [2.24, 2.45) is 0 Å². The summed E-state index contributed by atoms with van der Waals surface area (Å²) in [5, 5.41) is 4.96. The molecule has 0 saturated heterocycles. The molecule has 4 aromatic rings. The van der Waals surface area contributed by atoms with Crippen LogP contribution in [0.2, 0.25) is 0 Å². The summed E-state index contributed by atoms with van der Waals surface area (Å²) in [7, 11) is 0. The van der Waals surface area contributed by atoms with Crippen molar-refractivity contribution in [3.63, 3.8) is 0 Å². The smallest absolute Gasteiger partial charge is 0.163 e. The number of benzene rings is 1. The molecular formula is C18H12F2N4. The fraction of sp³-hybridized carbons (Fsp3) is 0.0556. The molecule has 3 aromatic heterocycles. The van der Waals surface area contributed by atoms with Gasteiger partial charge in [-0.15, -0.1) is 0 Å². The van der Waals surface area contributed by atoms with E-state index in [0.717, 1.165) is 40.3 Å². The van der Waals surface area contributed by atoms with Gasteiger partial charge in [0.05, 0.1) is 6.20 Å². The topological polar surface area (TPSA) is 43.6 Å². The lowest BCUT2D eigenvalue weighted by Crippen LogP contribution is -2.01. The number of aryl methyl sites for hydroxylation is 1. The lowest BCUT2D eigenvalue weighted by atomic mass is 10.0. The van der Waals surface area contributed by atoms with E-state index in [1.807, 2.05) is 19.1 Å². The van der Waals surface area contributed by atoms with Gasteiger partial charge in [0, 0.05) is 35.6 Å². The van der Waals surface area contributed by atoms with E-state index in [0.29, 0.717) is 5.65 Å². The Hall–Kier alpha value is -3.15. The third-order valence-corrected chi connectivity index (χ3v) is 3.94. The van der Waals surface area contributed by atoms with Gasteiger partial charge in [-0.3, -0.25) is 4.98 Å². The predicted molar refractivity (Wildman–Crippen MR) is 86.7 cm³/mol. The van der Waals surface area contributed by atoms with Crippen LogP contribution in [-0.4, -0.2) is 19.7 Å². The van der Waals surface area contributed by atoms with Gasteiger partial charge in [-0.1, -0.05) is 0 Å². The lowest BCUT2D eigenvalue weighted by Gasteiger charge is -2.07. The van der Waals surface area contributed by atoms with Gasteiger partial charge in [0.15, 0.2) is 5.65 Å². The second-order valence-electron chi connectivity index (χ2n) is 5.44. The summed E-state index contributed by atoms with van der Waals surface area (Å²) in [5.74, 6) is -1.10. The molecule has 0 fully saturated rings. The maximum Gasteiger partial charge on any atom is 0.163 e. The van der Waals surface area contributed by atoms with Gasteiger partial charge in [-0.2, -0.15) is 5.10 Å². The first-order valence-corrected chi connectivity index (χ1v) is 7.34. The Morgan fingerprint density at radius 1 is 0.958 bits per heavy atom. The van der Waals surface area contributed by atoms with E-state index >= 15 is 0 Å². The Labute approximate surface area is 136 Å². The van der Waals surface area contributed by atoms with E-state index in [4.69, 9.17) is 0 Å². The molecule has 0 saturated carbocycles. The fourth-order valence-corrected chi connectivity index (χ4v) is 2.73. The Morgan fingerprint density at radius 3 is 2.67 bits per heavy atom. The van der Waals surface area contributed by atoms with Crippen molar-refractivity contribution in [2.45, 2.75) is 6.92 Å². The molecule has 1 aromatic carbocycles. The summed E-state index contributed by atoms with van der Waals surface area (Å²) in [4.78, 5) is 8.46. The minimum Gasteiger partial charge on any atom is -0.264 e. The molecule has 4 nitrogen and oxygen atoms in total. The predicted octanol–water partition coefficient (Wildman–Crippen LogP) is 4.07. The summed E-state index contributed by atoms with van der Waals surface area (Å²) in [6.45, 7) is 1.99. The first kappa shape index (κ1) is 14.4. The Balaban J connectivity index is 1.98. The molecule has 0 unspecified atom stereocenters. The highest BCUT2D eigenvalue weighted by atomic mass is 19.1. The lowest BCUT2D eigenvalue weighted by molar-refractivity contribution is 0.588. The number of nitrogens with zero attached hydrogens (tertiary/aromatic N) is 4. The molecule has 118 valence electrons. The molecule has 0 aliphatic rings. The fourth-order valence-electron chi connectivity index (χ4n) is 2.73. The van der Waals surface area contributed by atoms with E-state index in [1.165, 1.54) is 4.68 Å². The molecule has 3 heterocycles. The minimum atomic E-state index is -0.564. The van der Waals surface area contributed by atoms with Crippen molar-refractivity contribution in [1.29, 1.82) is 0 Å². The number of aromatic nitrogens is 4. The van der Waals surface area contributed by atoms with Crippen LogP contribution >= 0.6 is 0 Å². The van der Waals surface area contributed by atoms with E-state index < -0.39 is 11.6 Å². The van der Waals surface area contributed by atoms with Crippen LogP contribution in [0.25, 0.3) is 27.8 Å². The van der Waals surface area contributed by atoms with Gasteiger partial charge in [0.1, 0.15) is 17.3 Å². The second-order valence-corrected chi connectivity index (χ2v) is 5.44. The average Bonchev–Trinajstić information content (AvgIpc) is 3.01. The molecule has 4 rings (SSSR count). The monoisotopic (exact) mass is 322 g/mol. The quantitative estimate of drug-likeness (QED) is 0.559. The number of fused-ring (bicyclic) bond motifs is 1. The number of hydrogen-bond acceptors (Lipinski definition) is 3. The highest BCUT2D eigenvalue weighted by Gasteiger charge is 2.15. The summed E-state index contributed by atoms with van der Waals surface area (Å²) in [6, 6.07) is 7.03. The van der Waals surface area contributed by atoms with Crippen LogP contribution in [0.4, 0.5) is 8.78 Å². The van der Waals surface area contributed by atoms with E-state index in [2.05, 4.69) is 15.1 Å². The first-order valence-electron chi connectivity index (χ1n) is 7.34. The second kappa shape index (κ2) is 5.49. The van der Waals surface area contributed by atoms with Gasteiger partial charge >= 0.3 is 0 Å². The van der Waals surface area contributed by atoms with Crippen molar-refractivity contribution >= 4 is 11.0 Å². The van der Waals surface area contributed by atoms with Gasteiger partial charge in [0.25, 0.3) is 0 Å². The molecule has 24 heavy (non-hydrogen) atoms. The summed E-state index contributed by atoms with van der Waals surface area (Å²) >= 11 is 0. The summed E-state index contributed by atoms with van der Waals surface area (Å²) in [6.07, 6.45) is 6.72. The minimum absolute atomic E-state index is 0.0255. The van der Waals surface area contributed by atoms with Crippen LogP contribution < -0.4 is 0 Å². The molecule has 0 N–H and O–H groups in total. The normalized spacial score (nSPS) is 11.1. The largest absolute Gasteiger partial charge is 0.264 e. The Kier molecular flexibility index (Phi) is 3.30. The number of halogens is 2. The molecule has 0 radical (unpaired) electrons. The van der Waals surface area contributed by atoms with Crippen molar-refractivity contribution in [1.82, 2.24) is 19.7 Å². The zero-order valence-corrected chi connectivity index (χ0v) is 12.7. The van der Waals surface area contributed by atoms with Crippen LogP contribution in [0, 0.1) is 18.6 Å².